The molecule has 5 heteroatoms. The Morgan fingerprint density at radius 2 is 2.28 bits per heavy atom. The van der Waals surface area contributed by atoms with Crippen molar-refractivity contribution < 1.29 is 9.59 Å². The summed E-state index contributed by atoms with van der Waals surface area (Å²) in [5, 5.41) is 5.57. The van der Waals surface area contributed by atoms with Crippen molar-refractivity contribution in [1.82, 2.24) is 5.32 Å². The highest BCUT2D eigenvalue weighted by molar-refractivity contribution is 8.01. The zero-order valence-electron chi connectivity index (χ0n) is 10.2. The molecule has 96 valence electrons. The van der Waals surface area contributed by atoms with Gasteiger partial charge in [0.25, 0.3) is 0 Å². The molecule has 0 spiro atoms. The van der Waals surface area contributed by atoms with Crippen LogP contribution in [-0.2, 0) is 16.0 Å². The zero-order chi connectivity index (χ0) is 13.0. The van der Waals surface area contributed by atoms with Crippen molar-refractivity contribution in [2.24, 2.45) is 0 Å². The summed E-state index contributed by atoms with van der Waals surface area (Å²) in [4.78, 5) is 22.9. The van der Waals surface area contributed by atoms with Gasteiger partial charge in [0.1, 0.15) is 0 Å². The summed E-state index contributed by atoms with van der Waals surface area (Å²) < 4.78 is 0. The van der Waals surface area contributed by atoms with Crippen LogP contribution >= 0.6 is 11.8 Å². The molecule has 1 atom stereocenters. The normalized spacial score (nSPS) is 18.5. The first-order chi connectivity index (χ1) is 8.69. The second-order valence-corrected chi connectivity index (χ2v) is 5.32. The summed E-state index contributed by atoms with van der Waals surface area (Å²) in [6, 6.07) is 7.77. The van der Waals surface area contributed by atoms with Crippen LogP contribution in [0.5, 0.6) is 0 Å². The van der Waals surface area contributed by atoms with Gasteiger partial charge in [0.05, 0.1) is 17.5 Å². The summed E-state index contributed by atoms with van der Waals surface area (Å²) in [5.74, 6) is 0.395. The van der Waals surface area contributed by atoms with Crippen molar-refractivity contribution in [2.45, 2.75) is 25.1 Å². The molecule has 0 unspecified atom stereocenters. The maximum atomic E-state index is 11.9. The number of rotatable bonds is 4. The molecule has 1 aliphatic heterocycles. The van der Waals surface area contributed by atoms with E-state index in [4.69, 9.17) is 0 Å². The average Bonchev–Trinajstić information content (AvgIpc) is 2.75. The molecule has 0 radical (unpaired) electrons. The van der Waals surface area contributed by atoms with E-state index in [1.807, 2.05) is 24.3 Å². The van der Waals surface area contributed by atoms with Crippen molar-refractivity contribution in [3.05, 3.63) is 29.8 Å². The molecule has 1 aromatic carbocycles. The van der Waals surface area contributed by atoms with Crippen LogP contribution in [0.1, 0.15) is 18.9 Å². The predicted molar refractivity (Wildman–Crippen MR) is 73.5 cm³/mol. The lowest BCUT2D eigenvalue weighted by Crippen LogP contribution is -2.29. The molecule has 0 aliphatic carbocycles. The zero-order valence-corrected chi connectivity index (χ0v) is 11.0. The molecule has 1 aliphatic rings. The number of nitrogens with one attached hydrogen (secondary N) is 2. The molecule has 18 heavy (non-hydrogen) atoms. The highest BCUT2D eigenvalue weighted by atomic mass is 32.2. The maximum absolute atomic E-state index is 11.9. The Hall–Kier alpha value is -1.49. The molecular weight excluding hydrogens is 248 g/mol. The van der Waals surface area contributed by atoms with Gasteiger partial charge in [0.2, 0.25) is 11.8 Å². The minimum absolute atomic E-state index is 0.00626. The third kappa shape index (κ3) is 3.26. The fraction of sp³-hybridized carbons (Fsp3) is 0.385. The lowest BCUT2D eigenvalue weighted by atomic mass is 10.1. The Labute approximate surface area is 111 Å². The molecule has 0 bridgehead atoms. The number of hydrogen-bond donors (Lipinski definition) is 2. The quantitative estimate of drug-likeness (QED) is 0.871. The first kappa shape index (κ1) is 13.0. The number of hydrogen-bond acceptors (Lipinski definition) is 3. The number of amides is 2. The summed E-state index contributed by atoms with van der Waals surface area (Å²) in [7, 11) is 0. The average molecular weight is 264 g/mol. The molecule has 1 saturated heterocycles. The summed E-state index contributed by atoms with van der Waals surface area (Å²) >= 11 is 1.48. The van der Waals surface area contributed by atoms with E-state index in [0.29, 0.717) is 12.2 Å². The fourth-order valence-corrected chi connectivity index (χ4v) is 2.79. The Morgan fingerprint density at radius 1 is 1.50 bits per heavy atom. The highest BCUT2D eigenvalue weighted by Crippen LogP contribution is 2.20. The van der Waals surface area contributed by atoms with Crippen LogP contribution in [0.25, 0.3) is 0 Å². The van der Waals surface area contributed by atoms with Gasteiger partial charge < -0.3 is 10.6 Å². The van der Waals surface area contributed by atoms with Crippen molar-refractivity contribution in [3.8, 4) is 0 Å². The Kier molecular flexibility index (Phi) is 4.25. The lowest BCUT2D eigenvalue weighted by molar-refractivity contribution is -0.118. The van der Waals surface area contributed by atoms with Crippen molar-refractivity contribution >= 4 is 29.3 Å². The first-order valence-corrected chi connectivity index (χ1v) is 7.02. The highest BCUT2D eigenvalue weighted by Gasteiger charge is 2.23. The van der Waals surface area contributed by atoms with Crippen LogP contribution in [0.3, 0.4) is 0 Å². The molecule has 1 heterocycles. The predicted octanol–water partition coefficient (Wildman–Crippen LogP) is 1.77. The summed E-state index contributed by atoms with van der Waals surface area (Å²) in [5.41, 5.74) is 1.98. The summed E-state index contributed by atoms with van der Waals surface area (Å²) in [6.07, 6.45) is 1.19. The third-order valence-corrected chi connectivity index (χ3v) is 3.90. The summed E-state index contributed by atoms with van der Waals surface area (Å²) in [6.45, 7) is 2.05. The van der Waals surface area contributed by atoms with E-state index in [2.05, 4.69) is 17.6 Å². The van der Waals surface area contributed by atoms with E-state index in [1.165, 1.54) is 11.8 Å². The van der Waals surface area contributed by atoms with E-state index >= 15 is 0 Å². The van der Waals surface area contributed by atoms with Crippen LogP contribution in [0.2, 0.25) is 0 Å². The van der Waals surface area contributed by atoms with Crippen LogP contribution in [0.15, 0.2) is 24.3 Å². The van der Waals surface area contributed by atoms with Gasteiger partial charge >= 0.3 is 0 Å². The Bertz CT molecular complexity index is 462. The molecule has 2 rings (SSSR count). The van der Waals surface area contributed by atoms with E-state index in [1.54, 1.807) is 0 Å². The fourth-order valence-electron chi connectivity index (χ4n) is 1.87. The van der Waals surface area contributed by atoms with Crippen LogP contribution in [-0.4, -0.2) is 22.9 Å². The van der Waals surface area contributed by atoms with E-state index < -0.39 is 0 Å². The second kappa shape index (κ2) is 5.91. The molecular formula is C13H16N2O2S. The van der Waals surface area contributed by atoms with Crippen molar-refractivity contribution in [3.63, 3.8) is 0 Å². The Balaban J connectivity index is 1.92. The van der Waals surface area contributed by atoms with Crippen molar-refractivity contribution in [2.75, 3.05) is 11.1 Å². The van der Waals surface area contributed by atoms with Crippen molar-refractivity contribution in [1.29, 1.82) is 0 Å². The molecule has 0 saturated carbocycles. The van der Waals surface area contributed by atoms with Gasteiger partial charge in [-0.1, -0.05) is 25.1 Å². The van der Waals surface area contributed by atoms with Gasteiger partial charge in [-0.2, -0.15) is 0 Å². The maximum Gasteiger partial charge on any atom is 0.230 e. The molecule has 2 N–H and O–H groups in total. The van der Waals surface area contributed by atoms with Crippen LogP contribution in [0.4, 0.5) is 5.69 Å². The van der Waals surface area contributed by atoms with Gasteiger partial charge in [-0.25, -0.2) is 0 Å². The number of carbonyl (C=O) groups is 2. The van der Waals surface area contributed by atoms with Crippen LogP contribution < -0.4 is 10.6 Å². The van der Waals surface area contributed by atoms with Gasteiger partial charge in [0.15, 0.2) is 0 Å². The number of thioether (sulfide) groups is 1. The third-order valence-electron chi connectivity index (χ3n) is 2.78. The van der Waals surface area contributed by atoms with Gasteiger partial charge in [0, 0.05) is 5.69 Å². The van der Waals surface area contributed by atoms with E-state index in [0.717, 1.165) is 17.7 Å². The number of para-hydroxylation sites is 1. The molecule has 1 aromatic rings. The monoisotopic (exact) mass is 264 g/mol. The van der Waals surface area contributed by atoms with E-state index in [-0.39, 0.29) is 17.2 Å². The Morgan fingerprint density at radius 3 is 2.94 bits per heavy atom. The minimum Gasteiger partial charge on any atom is -0.343 e. The smallest absolute Gasteiger partial charge is 0.230 e. The lowest BCUT2D eigenvalue weighted by Gasteiger charge is -2.12. The standard InChI is InChI=1S/C13H16N2O2S/c1-2-9-5-3-4-6-10(9)14-11(16)7-13-15-12(17)8-18-13/h3-6,13H,2,7-8H2,1H3,(H,14,16)(H,15,17)/t13-/m1/s1. The number of benzene rings is 1. The first-order valence-electron chi connectivity index (χ1n) is 5.97. The molecule has 1 fully saturated rings. The topological polar surface area (TPSA) is 58.2 Å². The minimum atomic E-state index is -0.0914. The molecule has 4 nitrogen and oxygen atoms in total. The van der Waals surface area contributed by atoms with E-state index in [9.17, 15) is 9.59 Å². The number of anilines is 1. The molecule has 2 amide bonds. The SMILES string of the molecule is CCc1ccccc1NC(=O)C[C@@H]1NC(=O)CS1. The largest absolute Gasteiger partial charge is 0.343 e. The van der Waals surface area contributed by atoms with Gasteiger partial charge in [-0.15, -0.1) is 11.8 Å². The van der Waals surface area contributed by atoms with Crippen LogP contribution in [0, 0.1) is 0 Å². The van der Waals surface area contributed by atoms with Gasteiger partial charge in [-0.05, 0) is 18.1 Å². The number of aryl methyl sites for hydroxylation is 1. The number of carbonyl (C=O) groups excluding carboxylic acids is 2. The molecule has 0 aromatic heterocycles. The van der Waals surface area contributed by atoms with Gasteiger partial charge in [-0.3, -0.25) is 9.59 Å². The second-order valence-electron chi connectivity index (χ2n) is 4.13.